The fourth-order valence-corrected chi connectivity index (χ4v) is 3.67. The van der Waals surface area contributed by atoms with Gasteiger partial charge in [-0.15, -0.1) is 12.4 Å². The molecule has 0 amide bonds. The summed E-state index contributed by atoms with van der Waals surface area (Å²) in [6.07, 6.45) is 5.59. The smallest absolute Gasteiger partial charge is 0.257 e. The molecule has 9 heteroatoms. The maximum absolute atomic E-state index is 6.38. The summed E-state index contributed by atoms with van der Waals surface area (Å²) < 4.78 is 5.42. The highest BCUT2D eigenvalue weighted by atomic mass is 35.5. The maximum Gasteiger partial charge on any atom is 0.257 e. The highest BCUT2D eigenvalue weighted by Crippen LogP contribution is 2.35. The average molecular weight is 379 g/mol. The lowest BCUT2D eigenvalue weighted by Crippen LogP contribution is -2.34. The lowest BCUT2D eigenvalue weighted by atomic mass is 9.99. The zero-order chi connectivity index (χ0) is 16.4. The molecule has 0 radical (unpaired) electrons. The first-order valence-electron chi connectivity index (χ1n) is 7.93. The van der Waals surface area contributed by atoms with Gasteiger partial charge in [0.15, 0.2) is 11.0 Å². The van der Waals surface area contributed by atoms with Gasteiger partial charge in [-0.05, 0) is 30.5 Å². The Morgan fingerprint density at radius 2 is 1.96 bits per heavy atom. The fraction of sp³-hybridized carbons (Fsp3) is 0.375. The molecule has 0 aliphatic heterocycles. The molecule has 0 atom stereocenters. The Kier molecular flexibility index (Phi) is 5.41. The monoisotopic (exact) mass is 378 g/mol. The number of nitrogens with two attached hydrogens (primary N) is 1. The molecule has 4 rings (SSSR count). The highest BCUT2D eigenvalue weighted by Gasteiger charge is 2.36. The zero-order valence-electron chi connectivity index (χ0n) is 13.5. The summed E-state index contributed by atoms with van der Waals surface area (Å²) in [5, 5.41) is 11.6. The Balaban J connectivity index is 0.00000182. The molecular formula is C16H19ClN6OS. The number of nitrogens with one attached hydrogen (secondary N) is 1. The second kappa shape index (κ2) is 7.55. The van der Waals surface area contributed by atoms with Crippen LogP contribution < -0.4 is 5.73 Å². The van der Waals surface area contributed by atoms with E-state index in [-0.39, 0.29) is 12.4 Å². The Hall–Kier alpha value is -1.90. The number of H-pyrrole nitrogens is 1. The van der Waals surface area contributed by atoms with Gasteiger partial charge in [0.1, 0.15) is 6.33 Å². The van der Waals surface area contributed by atoms with Crippen molar-refractivity contribution in [3.8, 4) is 11.5 Å². The summed E-state index contributed by atoms with van der Waals surface area (Å²) in [5.41, 5.74) is 8.05. The van der Waals surface area contributed by atoms with E-state index in [0.717, 1.165) is 42.2 Å². The van der Waals surface area contributed by atoms with Crippen LogP contribution in [0, 0.1) is 0 Å². The van der Waals surface area contributed by atoms with Gasteiger partial charge in [-0.3, -0.25) is 5.10 Å². The number of nitrogens with zero attached hydrogens (tertiary/aromatic N) is 4. The van der Waals surface area contributed by atoms with Gasteiger partial charge < -0.3 is 10.3 Å². The maximum atomic E-state index is 6.38. The Labute approximate surface area is 155 Å². The summed E-state index contributed by atoms with van der Waals surface area (Å²) in [6.45, 7) is 0. The standard InChI is InChI=1S/C16H18N6OS.ClH/c17-16(7-1-2-8-16)14-20-13(23-22-14)12-5-3-11(4-6-12)9-24-15-18-10-19-21-15;/h3-6,10H,1-2,7-9,17H2,(H,18,19,21);1H. The number of aromatic nitrogens is 5. The normalized spacial score (nSPS) is 15.9. The van der Waals surface area contributed by atoms with E-state index in [1.807, 2.05) is 12.1 Å². The van der Waals surface area contributed by atoms with Crippen molar-refractivity contribution in [3.63, 3.8) is 0 Å². The molecular weight excluding hydrogens is 360 g/mol. The molecule has 0 unspecified atom stereocenters. The van der Waals surface area contributed by atoms with Crippen LogP contribution in [-0.4, -0.2) is 25.3 Å². The highest BCUT2D eigenvalue weighted by molar-refractivity contribution is 7.98. The second-order valence-corrected chi connectivity index (χ2v) is 7.03. The molecule has 2 heterocycles. The molecule has 1 saturated carbocycles. The average Bonchev–Trinajstić information content (AvgIpc) is 3.35. The van der Waals surface area contributed by atoms with Crippen molar-refractivity contribution in [3.05, 3.63) is 42.0 Å². The lowest BCUT2D eigenvalue weighted by Gasteiger charge is -2.17. The van der Waals surface area contributed by atoms with Crippen LogP contribution in [0.1, 0.15) is 37.1 Å². The number of benzene rings is 1. The van der Waals surface area contributed by atoms with Crippen molar-refractivity contribution in [2.45, 2.75) is 42.1 Å². The van der Waals surface area contributed by atoms with Gasteiger partial charge >= 0.3 is 0 Å². The van der Waals surface area contributed by atoms with Gasteiger partial charge in [0, 0.05) is 11.3 Å². The molecule has 25 heavy (non-hydrogen) atoms. The summed E-state index contributed by atoms with van der Waals surface area (Å²) >= 11 is 1.61. The Bertz CT molecular complexity index is 798. The van der Waals surface area contributed by atoms with Crippen molar-refractivity contribution in [1.29, 1.82) is 0 Å². The molecule has 0 saturated heterocycles. The van der Waals surface area contributed by atoms with E-state index in [0.29, 0.717) is 11.7 Å². The van der Waals surface area contributed by atoms with Gasteiger partial charge in [-0.1, -0.05) is 41.9 Å². The number of halogens is 1. The Morgan fingerprint density at radius 3 is 2.64 bits per heavy atom. The van der Waals surface area contributed by atoms with E-state index in [1.54, 1.807) is 11.8 Å². The quantitative estimate of drug-likeness (QED) is 0.656. The third-order valence-electron chi connectivity index (χ3n) is 4.34. The molecule has 1 aliphatic rings. The fourth-order valence-electron chi connectivity index (χ4n) is 2.93. The van der Waals surface area contributed by atoms with Crippen LogP contribution in [0.15, 0.2) is 40.3 Å². The van der Waals surface area contributed by atoms with Gasteiger partial charge in [-0.25, -0.2) is 4.98 Å². The van der Waals surface area contributed by atoms with E-state index in [4.69, 9.17) is 10.3 Å². The van der Waals surface area contributed by atoms with Crippen molar-refractivity contribution in [2.75, 3.05) is 0 Å². The number of hydrogen-bond donors (Lipinski definition) is 2. The molecule has 7 nitrogen and oxygen atoms in total. The predicted octanol–water partition coefficient (Wildman–Crippen LogP) is 3.30. The van der Waals surface area contributed by atoms with Gasteiger partial charge in [-0.2, -0.15) is 10.1 Å². The second-order valence-electron chi connectivity index (χ2n) is 6.06. The van der Waals surface area contributed by atoms with Crippen molar-refractivity contribution in [2.24, 2.45) is 5.73 Å². The first kappa shape index (κ1) is 17.9. The molecule has 3 aromatic rings. The van der Waals surface area contributed by atoms with Crippen LogP contribution in [0.3, 0.4) is 0 Å². The predicted molar refractivity (Wildman–Crippen MR) is 97.3 cm³/mol. The van der Waals surface area contributed by atoms with Crippen molar-refractivity contribution >= 4 is 24.2 Å². The number of aromatic amines is 1. The SMILES string of the molecule is Cl.NC1(c2noc(-c3ccc(CSc4ncn[nH]4)cc3)n2)CCCC1. The topological polar surface area (TPSA) is 107 Å². The third-order valence-corrected chi connectivity index (χ3v) is 5.28. The van der Waals surface area contributed by atoms with E-state index in [2.05, 4.69) is 37.5 Å². The van der Waals surface area contributed by atoms with Gasteiger partial charge in [0.05, 0.1) is 5.54 Å². The largest absolute Gasteiger partial charge is 0.334 e. The van der Waals surface area contributed by atoms with Crippen molar-refractivity contribution < 1.29 is 4.52 Å². The molecule has 1 aliphatic carbocycles. The first-order chi connectivity index (χ1) is 11.7. The lowest BCUT2D eigenvalue weighted by molar-refractivity contribution is 0.372. The number of hydrogen-bond acceptors (Lipinski definition) is 7. The molecule has 1 aromatic carbocycles. The molecule has 0 spiro atoms. The van der Waals surface area contributed by atoms with Crippen LogP contribution in [-0.2, 0) is 11.3 Å². The van der Waals surface area contributed by atoms with Gasteiger partial charge in [0.25, 0.3) is 5.89 Å². The minimum absolute atomic E-state index is 0. The summed E-state index contributed by atoms with van der Waals surface area (Å²) in [5.74, 6) is 1.97. The van der Waals surface area contributed by atoms with E-state index in [1.165, 1.54) is 11.9 Å². The zero-order valence-corrected chi connectivity index (χ0v) is 15.1. The van der Waals surface area contributed by atoms with Crippen LogP contribution in [0.25, 0.3) is 11.5 Å². The number of rotatable bonds is 5. The van der Waals surface area contributed by atoms with Gasteiger partial charge in [0.2, 0.25) is 0 Å². The molecule has 132 valence electrons. The van der Waals surface area contributed by atoms with Crippen LogP contribution in [0.4, 0.5) is 0 Å². The third kappa shape index (κ3) is 3.86. The number of thioether (sulfide) groups is 1. The summed E-state index contributed by atoms with van der Waals surface area (Å²) in [7, 11) is 0. The molecule has 2 aromatic heterocycles. The minimum atomic E-state index is -0.421. The van der Waals surface area contributed by atoms with Crippen LogP contribution >= 0.6 is 24.2 Å². The minimum Gasteiger partial charge on any atom is -0.334 e. The molecule has 3 N–H and O–H groups in total. The first-order valence-corrected chi connectivity index (χ1v) is 8.92. The molecule has 1 fully saturated rings. The van der Waals surface area contributed by atoms with E-state index < -0.39 is 5.54 Å². The van der Waals surface area contributed by atoms with Crippen LogP contribution in [0.2, 0.25) is 0 Å². The summed E-state index contributed by atoms with van der Waals surface area (Å²) in [4.78, 5) is 8.61. The van der Waals surface area contributed by atoms with Crippen LogP contribution in [0.5, 0.6) is 0 Å². The van der Waals surface area contributed by atoms with Crippen molar-refractivity contribution in [1.82, 2.24) is 25.3 Å². The molecule has 0 bridgehead atoms. The summed E-state index contributed by atoms with van der Waals surface area (Å²) in [6, 6.07) is 8.09. The Morgan fingerprint density at radius 1 is 1.20 bits per heavy atom. The van der Waals surface area contributed by atoms with E-state index >= 15 is 0 Å². The van der Waals surface area contributed by atoms with E-state index in [9.17, 15) is 0 Å².